The van der Waals surface area contributed by atoms with Gasteiger partial charge in [0.25, 0.3) is 0 Å². The van der Waals surface area contributed by atoms with Crippen LogP contribution in [0.25, 0.3) is 10.1 Å². The Kier molecular flexibility index (Phi) is 4.41. The second kappa shape index (κ2) is 5.68. The first-order valence-corrected chi connectivity index (χ1v) is 6.98. The Morgan fingerprint density at radius 3 is 2.72 bits per heavy atom. The summed E-state index contributed by atoms with van der Waals surface area (Å²) in [6.07, 6.45) is 2.39. The van der Waals surface area contributed by atoms with E-state index >= 15 is 0 Å². The Morgan fingerprint density at radius 1 is 1.28 bits per heavy atom. The topological polar surface area (TPSA) is 3.24 Å². The van der Waals surface area contributed by atoms with Crippen molar-refractivity contribution < 1.29 is 4.39 Å². The van der Waals surface area contributed by atoms with Crippen LogP contribution in [0.2, 0.25) is 0 Å². The van der Waals surface area contributed by atoms with Crippen molar-refractivity contribution in [3.63, 3.8) is 0 Å². The zero-order valence-electron chi connectivity index (χ0n) is 10.4. The molecular formula is C14H17BrFNS. The van der Waals surface area contributed by atoms with E-state index in [2.05, 4.69) is 23.4 Å². The Bertz CT molecular complexity index is 532. The number of piperidine rings is 1. The fraction of sp³-hybridized carbons (Fsp3) is 0.429. The average Bonchev–Trinajstić information content (AvgIpc) is 2.75. The summed E-state index contributed by atoms with van der Waals surface area (Å²) in [5, 5.41) is 3.29. The van der Waals surface area contributed by atoms with E-state index in [1.807, 2.05) is 6.07 Å². The Labute approximate surface area is 121 Å². The lowest BCUT2D eigenvalue weighted by Crippen LogP contribution is -2.29. The minimum absolute atomic E-state index is 0. The van der Waals surface area contributed by atoms with E-state index in [9.17, 15) is 4.39 Å². The summed E-state index contributed by atoms with van der Waals surface area (Å²) in [5.41, 5.74) is 1.36. The van der Waals surface area contributed by atoms with E-state index in [0.717, 1.165) is 23.2 Å². The Hall–Kier alpha value is -0.450. The number of rotatable bonds is 1. The fourth-order valence-electron chi connectivity index (χ4n) is 2.68. The van der Waals surface area contributed by atoms with Crippen molar-refractivity contribution in [1.29, 1.82) is 0 Å². The van der Waals surface area contributed by atoms with Crippen molar-refractivity contribution in [3.05, 3.63) is 35.0 Å². The van der Waals surface area contributed by atoms with E-state index in [1.165, 1.54) is 18.4 Å². The van der Waals surface area contributed by atoms with Crippen molar-refractivity contribution in [2.75, 3.05) is 20.1 Å². The fourth-order valence-corrected chi connectivity index (χ4v) is 3.74. The highest BCUT2D eigenvalue weighted by molar-refractivity contribution is 8.93. The van der Waals surface area contributed by atoms with E-state index < -0.39 is 0 Å². The first kappa shape index (κ1) is 14.0. The van der Waals surface area contributed by atoms with Gasteiger partial charge in [-0.2, -0.15) is 0 Å². The second-order valence-corrected chi connectivity index (χ2v) is 5.76. The Balaban J connectivity index is 0.00000120. The maximum Gasteiger partial charge on any atom is 0.140 e. The predicted molar refractivity (Wildman–Crippen MR) is 81.6 cm³/mol. The van der Waals surface area contributed by atoms with Gasteiger partial charge in [-0.05, 0) is 61.3 Å². The van der Waals surface area contributed by atoms with Crippen LogP contribution in [0.3, 0.4) is 0 Å². The minimum Gasteiger partial charge on any atom is -0.306 e. The van der Waals surface area contributed by atoms with Gasteiger partial charge in [-0.1, -0.05) is 12.1 Å². The third kappa shape index (κ3) is 2.46. The number of hydrogen-bond acceptors (Lipinski definition) is 2. The normalized spacial score (nSPS) is 17.9. The predicted octanol–water partition coefficient (Wildman–Crippen LogP) is 4.43. The zero-order valence-corrected chi connectivity index (χ0v) is 12.9. The molecule has 2 heterocycles. The van der Waals surface area contributed by atoms with Crippen LogP contribution >= 0.6 is 28.3 Å². The number of halogens is 2. The third-order valence-corrected chi connectivity index (χ3v) is 4.76. The maximum atomic E-state index is 13.6. The van der Waals surface area contributed by atoms with Gasteiger partial charge >= 0.3 is 0 Å². The molecule has 1 aromatic heterocycles. The molecule has 1 saturated heterocycles. The maximum absolute atomic E-state index is 13.6. The van der Waals surface area contributed by atoms with Crippen molar-refractivity contribution in [3.8, 4) is 0 Å². The van der Waals surface area contributed by atoms with Gasteiger partial charge < -0.3 is 4.90 Å². The highest BCUT2D eigenvalue weighted by Crippen LogP contribution is 2.37. The van der Waals surface area contributed by atoms with Gasteiger partial charge in [0.2, 0.25) is 0 Å². The highest BCUT2D eigenvalue weighted by Gasteiger charge is 2.21. The molecule has 1 aliphatic heterocycles. The van der Waals surface area contributed by atoms with E-state index in [4.69, 9.17) is 0 Å². The van der Waals surface area contributed by atoms with Crippen LogP contribution in [0.15, 0.2) is 23.6 Å². The average molecular weight is 330 g/mol. The van der Waals surface area contributed by atoms with Gasteiger partial charge in [-0.25, -0.2) is 4.39 Å². The van der Waals surface area contributed by atoms with Crippen LogP contribution in [0.1, 0.15) is 24.3 Å². The van der Waals surface area contributed by atoms with Crippen LogP contribution < -0.4 is 0 Å². The van der Waals surface area contributed by atoms with Crippen LogP contribution in [0.4, 0.5) is 4.39 Å². The summed E-state index contributed by atoms with van der Waals surface area (Å²) >= 11 is 1.55. The highest BCUT2D eigenvalue weighted by atomic mass is 79.9. The number of likely N-dealkylation sites (tertiary alicyclic amines) is 1. The van der Waals surface area contributed by atoms with Crippen molar-refractivity contribution in [2.45, 2.75) is 18.8 Å². The van der Waals surface area contributed by atoms with Crippen LogP contribution in [-0.4, -0.2) is 25.0 Å². The molecule has 0 N–H and O–H groups in total. The van der Waals surface area contributed by atoms with Gasteiger partial charge in [0.15, 0.2) is 0 Å². The molecule has 0 aliphatic carbocycles. The number of thiophene rings is 1. The summed E-state index contributed by atoms with van der Waals surface area (Å²) in [7, 11) is 2.17. The zero-order chi connectivity index (χ0) is 11.8. The Morgan fingerprint density at radius 2 is 2.00 bits per heavy atom. The first-order chi connectivity index (χ1) is 8.25. The molecule has 18 heavy (non-hydrogen) atoms. The third-order valence-electron chi connectivity index (χ3n) is 3.74. The molecule has 0 amide bonds. The van der Waals surface area contributed by atoms with Crippen LogP contribution in [0, 0.1) is 5.82 Å². The van der Waals surface area contributed by atoms with Crippen molar-refractivity contribution in [1.82, 2.24) is 4.90 Å². The van der Waals surface area contributed by atoms with Crippen LogP contribution in [-0.2, 0) is 0 Å². The molecule has 1 aromatic carbocycles. The molecule has 2 aromatic rings. The summed E-state index contributed by atoms with van der Waals surface area (Å²) < 4.78 is 14.5. The SMILES string of the molecule is Br.CN1CCC(c2csc3c(F)cccc23)CC1. The van der Waals surface area contributed by atoms with Crippen molar-refractivity contribution in [2.24, 2.45) is 0 Å². The molecule has 1 fully saturated rings. The molecule has 0 radical (unpaired) electrons. The minimum atomic E-state index is -0.0772. The summed E-state index contributed by atoms with van der Waals surface area (Å²) in [4.78, 5) is 2.37. The first-order valence-electron chi connectivity index (χ1n) is 6.10. The van der Waals surface area contributed by atoms with Gasteiger partial charge in [-0.3, -0.25) is 0 Å². The molecule has 0 atom stereocenters. The number of benzene rings is 1. The molecular weight excluding hydrogens is 313 g/mol. The molecule has 0 spiro atoms. The standard InChI is InChI=1S/C14H16FNS.BrH/c1-16-7-5-10(6-8-16)12-9-17-14-11(12)3-2-4-13(14)15;/h2-4,9-10H,5-8H2,1H3;1H. The lowest BCUT2D eigenvalue weighted by molar-refractivity contribution is 0.256. The number of hydrogen-bond donors (Lipinski definition) is 0. The smallest absolute Gasteiger partial charge is 0.140 e. The summed E-state index contributed by atoms with van der Waals surface area (Å²) in [5.74, 6) is 0.536. The molecule has 1 nitrogen and oxygen atoms in total. The van der Waals surface area contributed by atoms with Gasteiger partial charge in [0.05, 0.1) is 4.70 Å². The molecule has 98 valence electrons. The van der Waals surface area contributed by atoms with E-state index in [-0.39, 0.29) is 22.8 Å². The monoisotopic (exact) mass is 329 g/mol. The lowest BCUT2D eigenvalue weighted by Gasteiger charge is -2.28. The lowest BCUT2D eigenvalue weighted by atomic mass is 9.89. The van der Waals surface area contributed by atoms with E-state index in [0.29, 0.717) is 5.92 Å². The van der Waals surface area contributed by atoms with Crippen LogP contribution in [0.5, 0.6) is 0 Å². The summed E-state index contributed by atoms with van der Waals surface area (Å²) in [6, 6.07) is 5.43. The second-order valence-electron chi connectivity index (χ2n) is 4.89. The van der Waals surface area contributed by atoms with Gasteiger partial charge in [0.1, 0.15) is 5.82 Å². The molecule has 4 heteroatoms. The molecule has 0 unspecified atom stereocenters. The van der Waals surface area contributed by atoms with E-state index in [1.54, 1.807) is 17.4 Å². The largest absolute Gasteiger partial charge is 0.306 e. The quantitative estimate of drug-likeness (QED) is 0.748. The molecule has 0 bridgehead atoms. The van der Waals surface area contributed by atoms with Crippen molar-refractivity contribution >= 4 is 38.4 Å². The molecule has 3 rings (SSSR count). The number of fused-ring (bicyclic) bond motifs is 1. The molecule has 0 saturated carbocycles. The number of nitrogens with zero attached hydrogens (tertiary/aromatic N) is 1. The summed E-state index contributed by atoms with van der Waals surface area (Å²) in [6.45, 7) is 2.30. The molecule has 1 aliphatic rings. The van der Waals surface area contributed by atoms with Gasteiger partial charge in [-0.15, -0.1) is 28.3 Å². The van der Waals surface area contributed by atoms with Gasteiger partial charge in [0, 0.05) is 0 Å².